The second-order valence-electron chi connectivity index (χ2n) is 5.69. The lowest BCUT2D eigenvalue weighted by atomic mass is 10.1. The topological polar surface area (TPSA) is 83.3 Å². The molecule has 0 aliphatic rings. The molecule has 0 saturated carbocycles. The van der Waals surface area contributed by atoms with Gasteiger partial charge in [-0.1, -0.05) is 0 Å². The van der Waals surface area contributed by atoms with Crippen LogP contribution in [-0.4, -0.2) is 41.0 Å². The van der Waals surface area contributed by atoms with Gasteiger partial charge >= 0.3 is 6.09 Å². The molecule has 1 heterocycles. The van der Waals surface area contributed by atoms with Crippen molar-refractivity contribution >= 4 is 23.2 Å². The van der Waals surface area contributed by atoms with Gasteiger partial charge in [-0.2, -0.15) is 5.26 Å². The number of hydrogen-bond donors (Lipinski definition) is 0. The number of likely N-dealkylation sites (N-methyl/N-ethyl adjacent to an activating group) is 1. The molecule has 114 valence electrons. The summed E-state index contributed by atoms with van der Waals surface area (Å²) in [5.74, 6) is -1.33. The lowest BCUT2D eigenvalue weighted by Gasteiger charge is -2.24. The number of carbonyl (C=O) groups excluding carboxylic acids is 2. The maximum atomic E-state index is 12.2. The standard InChI is InChI=1S/C14H19N3O3S/c1-9-8-21-12(16-9)10(6-15)11(18)7-17(5)13(19)20-14(2,3)4/h8,10H,7H2,1-5H3. The van der Waals surface area contributed by atoms with Gasteiger partial charge in [0.1, 0.15) is 10.6 Å². The van der Waals surface area contributed by atoms with Crippen LogP contribution in [0.5, 0.6) is 0 Å². The highest BCUT2D eigenvalue weighted by Gasteiger charge is 2.27. The first kappa shape index (κ1) is 17.1. The van der Waals surface area contributed by atoms with Crippen molar-refractivity contribution in [3.63, 3.8) is 0 Å². The molecule has 0 saturated heterocycles. The van der Waals surface area contributed by atoms with E-state index in [9.17, 15) is 9.59 Å². The van der Waals surface area contributed by atoms with Crippen molar-refractivity contribution in [2.24, 2.45) is 0 Å². The van der Waals surface area contributed by atoms with E-state index >= 15 is 0 Å². The minimum Gasteiger partial charge on any atom is -0.444 e. The number of rotatable bonds is 4. The Bertz CT molecular complexity index is 569. The second kappa shape index (κ2) is 6.68. The molecule has 0 bridgehead atoms. The number of aromatic nitrogens is 1. The summed E-state index contributed by atoms with van der Waals surface area (Å²) < 4.78 is 5.16. The molecule has 0 aromatic carbocycles. The van der Waals surface area contributed by atoms with Crippen LogP contribution in [0.4, 0.5) is 4.79 Å². The zero-order valence-corrected chi connectivity index (χ0v) is 13.7. The third kappa shape index (κ3) is 5.16. The summed E-state index contributed by atoms with van der Waals surface area (Å²) >= 11 is 1.27. The Morgan fingerprint density at radius 2 is 2.14 bits per heavy atom. The van der Waals surface area contributed by atoms with Gasteiger partial charge in [-0.3, -0.25) is 4.79 Å². The van der Waals surface area contributed by atoms with E-state index in [4.69, 9.17) is 10.00 Å². The summed E-state index contributed by atoms with van der Waals surface area (Å²) in [6.07, 6.45) is -0.595. The number of ether oxygens (including phenoxy) is 1. The fraction of sp³-hybridized carbons (Fsp3) is 0.571. The Labute approximate surface area is 128 Å². The average molecular weight is 309 g/mol. The van der Waals surface area contributed by atoms with Crippen molar-refractivity contribution in [3.8, 4) is 6.07 Å². The Balaban J connectivity index is 2.71. The van der Waals surface area contributed by atoms with Crippen molar-refractivity contribution in [3.05, 3.63) is 16.1 Å². The average Bonchev–Trinajstić information content (AvgIpc) is 2.74. The molecule has 7 heteroatoms. The third-order valence-electron chi connectivity index (χ3n) is 2.43. The number of aryl methyl sites for hydroxylation is 1. The molecule has 0 N–H and O–H groups in total. The normalized spacial score (nSPS) is 12.4. The van der Waals surface area contributed by atoms with Gasteiger partial charge in [-0.05, 0) is 27.7 Å². The fourth-order valence-electron chi connectivity index (χ4n) is 1.50. The monoisotopic (exact) mass is 309 g/mol. The first-order valence-corrected chi connectivity index (χ1v) is 7.30. The molecule has 1 amide bonds. The predicted octanol–water partition coefficient (Wildman–Crippen LogP) is 2.49. The molecule has 1 rings (SSSR count). The summed E-state index contributed by atoms with van der Waals surface area (Å²) in [7, 11) is 1.47. The summed E-state index contributed by atoms with van der Waals surface area (Å²) in [5, 5.41) is 11.4. The van der Waals surface area contributed by atoms with Gasteiger partial charge in [0.15, 0.2) is 11.7 Å². The van der Waals surface area contributed by atoms with Crippen LogP contribution in [0, 0.1) is 18.3 Å². The van der Waals surface area contributed by atoms with Gasteiger partial charge in [0.2, 0.25) is 0 Å². The molecular formula is C14H19N3O3S. The van der Waals surface area contributed by atoms with Crippen molar-refractivity contribution in [2.75, 3.05) is 13.6 Å². The van der Waals surface area contributed by atoms with Crippen molar-refractivity contribution in [2.45, 2.75) is 39.2 Å². The van der Waals surface area contributed by atoms with E-state index in [1.54, 1.807) is 33.1 Å². The fourth-order valence-corrected chi connectivity index (χ4v) is 2.36. The van der Waals surface area contributed by atoms with Gasteiger partial charge in [0, 0.05) is 18.1 Å². The number of amides is 1. The molecular weight excluding hydrogens is 290 g/mol. The summed E-state index contributed by atoms with van der Waals surface area (Å²) in [5.41, 5.74) is 0.138. The lowest BCUT2D eigenvalue weighted by molar-refractivity contribution is -0.120. The van der Waals surface area contributed by atoms with Gasteiger partial charge in [-0.25, -0.2) is 9.78 Å². The number of hydrogen-bond acceptors (Lipinski definition) is 6. The quantitative estimate of drug-likeness (QED) is 0.853. The van der Waals surface area contributed by atoms with Gasteiger partial charge < -0.3 is 9.64 Å². The third-order valence-corrected chi connectivity index (χ3v) is 3.46. The highest BCUT2D eigenvalue weighted by Crippen LogP contribution is 2.21. The summed E-state index contributed by atoms with van der Waals surface area (Å²) in [6, 6.07) is 1.94. The minimum absolute atomic E-state index is 0.189. The molecule has 0 spiro atoms. The highest BCUT2D eigenvalue weighted by molar-refractivity contribution is 7.09. The Kier molecular flexibility index (Phi) is 5.44. The molecule has 6 nitrogen and oxygen atoms in total. The van der Waals surface area contributed by atoms with Gasteiger partial charge in [0.05, 0.1) is 12.6 Å². The van der Waals surface area contributed by atoms with E-state index in [2.05, 4.69) is 4.98 Å². The lowest BCUT2D eigenvalue weighted by Crippen LogP contribution is -2.38. The van der Waals surface area contributed by atoms with Crippen LogP contribution in [-0.2, 0) is 9.53 Å². The molecule has 1 unspecified atom stereocenters. The Morgan fingerprint density at radius 3 is 2.57 bits per heavy atom. The van der Waals surface area contributed by atoms with E-state index < -0.39 is 17.6 Å². The van der Waals surface area contributed by atoms with Gasteiger partial charge in [0.25, 0.3) is 0 Å². The number of nitriles is 1. The number of thiazole rings is 1. The Hall–Kier alpha value is -1.94. The van der Waals surface area contributed by atoms with Crippen LogP contribution < -0.4 is 0 Å². The van der Waals surface area contributed by atoms with E-state index in [1.807, 2.05) is 6.07 Å². The van der Waals surface area contributed by atoms with Crippen molar-refractivity contribution in [1.82, 2.24) is 9.88 Å². The second-order valence-corrected chi connectivity index (χ2v) is 6.58. The van der Waals surface area contributed by atoms with Crippen LogP contribution in [0.1, 0.15) is 37.4 Å². The van der Waals surface area contributed by atoms with Crippen LogP contribution in [0.3, 0.4) is 0 Å². The molecule has 0 fully saturated rings. The first-order valence-electron chi connectivity index (χ1n) is 6.42. The number of nitrogens with zero attached hydrogens (tertiary/aromatic N) is 3. The minimum atomic E-state index is -0.950. The molecule has 0 radical (unpaired) electrons. The van der Waals surface area contributed by atoms with E-state index in [1.165, 1.54) is 23.3 Å². The zero-order valence-electron chi connectivity index (χ0n) is 12.8. The largest absolute Gasteiger partial charge is 0.444 e. The molecule has 0 aliphatic heterocycles. The zero-order chi connectivity index (χ0) is 16.2. The van der Waals surface area contributed by atoms with Crippen LogP contribution in [0.25, 0.3) is 0 Å². The number of carbonyl (C=O) groups is 2. The van der Waals surface area contributed by atoms with Crippen molar-refractivity contribution in [1.29, 1.82) is 5.26 Å². The summed E-state index contributed by atoms with van der Waals surface area (Å²) in [6.45, 7) is 6.85. The van der Waals surface area contributed by atoms with Crippen LogP contribution in [0.2, 0.25) is 0 Å². The smallest absolute Gasteiger partial charge is 0.410 e. The van der Waals surface area contributed by atoms with Crippen molar-refractivity contribution < 1.29 is 14.3 Å². The highest BCUT2D eigenvalue weighted by atomic mass is 32.1. The molecule has 1 aromatic heterocycles. The predicted molar refractivity (Wildman–Crippen MR) is 79.1 cm³/mol. The van der Waals surface area contributed by atoms with Gasteiger partial charge in [-0.15, -0.1) is 11.3 Å². The molecule has 1 atom stereocenters. The SMILES string of the molecule is Cc1csc(C(C#N)C(=O)CN(C)C(=O)OC(C)(C)C)n1. The van der Waals surface area contributed by atoms with E-state index in [0.29, 0.717) is 5.01 Å². The van der Waals surface area contributed by atoms with E-state index in [0.717, 1.165) is 5.69 Å². The maximum absolute atomic E-state index is 12.2. The molecule has 0 aliphatic carbocycles. The van der Waals surface area contributed by atoms with Crippen LogP contribution >= 0.6 is 11.3 Å². The first-order chi connectivity index (χ1) is 9.64. The number of ketones is 1. The summed E-state index contributed by atoms with van der Waals surface area (Å²) in [4.78, 5) is 29.3. The maximum Gasteiger partial charge on any atom is 0.410 e. The molecule has 1 aromatic rings. The van der Waals surface area contributed by atoms with E-state index in [-0.39, 0.29) is 12.3 Å². The number of Topliss-reactive ketones (excluding diaryl/α,β-unsaturated/α-hetero) is 1. The Morgan fingerprint density at radius 1 is 1.52 bits per heavy atom. The van der Waals surface area contributed by atoms with Crippen LogP contribution in [0.15, 0.2) is 5.38 Å². The molecule has 21 heavy (non-hydrogen) atoms.